The summed E-state index contributed by atoms with van der Waals surface area (Å²) in [4.78, 5) is 25.5. The maximum Gasteiger partial charge on any atom is 0.255 e. The molecule has 34 heavy (non-hydrogen) atoms. The van der Waals surface area contributed by atoms with Gasteiger partial charge in [-0.1, -0.05) is 18.2 Å². The molecule has 0 aliphatic rings. The van der Waals surface area contributed by atoms with Gasteiger partial charge in [-0.25, -0.2) is 9.97 Å². The van der Waals surface area contributed by atoms with Gasteiger partial charge in [0.05, 0.1) is 5.60 Å². The highest BCUT2D eigenvalue weighted by Gasteiger charge is 2.18. The third-order valence-electron chi connectivity index (χ3n) is 5.25. The number of hydrogen-bond acceptors (Lipinski definition) is 8. The number of nitrogens with one attached hydrogen (secondary N) is 3. The lowest BCUT2D eigenvalue weighted by Crippen LogP contribution is -2.18. The number of anilines is 4. The van der Waals surface area contributed by atoms with Crippen molar-refractivity contribution in [2.45, 2.75) is 26.4 Å². The van der Waals surface area contributed by atoms with Crippen LogP contribution in [0.3, 0.4) is 0 Å². The van der Waals surface area contributed by atoms with E-state index in [0.717, 1.165) is 11.3 Å². The number of carbonyl (C=O) groups excluding carboxylic acids is 1. The van der Waals surface area contributed by atoms with Crippen LogP contribution in [0.1, 0.15) is 35.3 Å². The molecule has 2 heterocycles. The van der Waals surface area contributed by atoms with Gasteiger partial charge in [-0.2, -0.15) is 14.8 Å². The molecular formula is C24H26N8O2. The second-order valence-electron chi connectivity index (χ2n) is 8.26. The zero-order chi connectivity index (χ0) is 24.3. The molecule has 4 rings (SSSR count). The Balaban J connectivity index is 1.56. The van der Waals surface area contributed by atoms with Crippen LogP contribution in [-0.4, -0.2) is 42.8 Å². The number of carbonyl (C=O) groups is 1. The minimum absolute atomic E-state index is 0.273. The largest absolute Gasteiger partial charge is 0.386 e. The molecular weight excluding hydrogens is 432 g/mol. The third kappa shape index (κ3) is 5.02. The van der Waals surface area contributed by atoms with Gasteiger partial charge in [-0.05, 0) is 56.2 Å². The highest BCUT2D eigenvalue weighted by molar-refractivity contribution is 6.04. The monoisotopic (exact) mass is 458 g/mol. The Morgan fingerprint density at radius 2 is 1.85 bits per heavy atom. The zero-order valence-electron chi connectivity index (χ0n) is 19.4. The molecule has 174 valence electrons. The van der Waals surface area contributed by atoms with E-state index in [0.29, 0.717) is 34.4 Å². The number of aromatic nitrogens is 5. The summed E-state index contributed by atoms with van der Waals surface area (Å²) in [6, 6.07) is 14.2. The fourth-order valence-electron chi connectivity index (χ4n) is 3.29. The van der Waals surface area contributed by atoms with Crippen LogP contribution in [0, 0.1) is 6.92 Å². The molecule has 0 fully saturated rings. The number of amides is 1. The summed E-state index contributed by atoms with van der Waals surface area (Å²) in [7, 11) is 1.77. The standard InChI is InChI=1S/C24H26N8O2/c1-15-8-9-18(30-22(33)16-6-5-7-17(10-16)24(2,3)34)11-19(15)31-23-28-14-29-32(23)21-12-20(25-4)26-13-27-21/h5-14,34H,1-4H3,(H,30,33)(H,25,26,27)(H,28,29,31). The number of nitrogens with zero attached hydrogens (tertiary/aromatic N) is 5. The lowest BCUT2D eigenvalue weighted by atomic mass is 9.96. The van der Waals surface area contributed by atoms with Crippen LogP contribution in [0.15, 0.2) is 61.2 Å². The molecule has 1 amide bonds. The topological polar surface area (TPSA) is 130 Å². The fourth-order valence-corrected chi connectivity index (χ4v) is 3.29. The number of hydrogen-bond donors (Lipinski definition) is 4. The van der Waals surface area contributed by atoms with Crippen molar-refractivity contribution in [3.05, 3.63) is 77.9 Å². The normalized spacial score (nSPS) is 11.2. The summed E-state index contributed by atoms with van der Waals surface area (Å²) in [5.74, 6) is 1.39. The Morgan fingerprint density at radius 1 is 1.03 bits per heavy atom. The van der Waals surface area contributed by atoms with Crippen molar-refractivity contribution in [1.82, 2.24) is 24.7 Å². The van der Waals surface area contributed by atoms with E-state index in [1.54, 1.807) is 55.9 Å². The van der Waals surface area contributed by atoms with Crippen LogP contribution in [0.4, 0.5) is 23.1 Å². The fraction of sp³-hybridized carbons (Fsp3) is 0.208. The van der Waals surface area contributed by atoms with Gasteiger partial charge in [0, 0.05) is 30.1 Å². The van der Waals surface area contributed by atoms with Crippen molar-refractivity contribution < 1.29 is 9.90 Å². The number of rotatable bonds is 7. The predicted molar refractivity (Wildman–Crippen MR) is 131 cm³/mol. The second kappa shape index (κ2) is 9.28. The van der Waals surface area contributed by atoms with Gasteiger partial charge in [0.2, 0.25) is 5.95 Å². The van der Waals surface area contributed by atoms with Crippen molar-refractivity contribution in [3.63, 3.8) is 0 Å². The Kier molecular flexibility index (Phi) is 6.24. The Labute approximate surface area is 197 Å². The van der Waals surface area contributed by atoms with E-state index < -0.39 is 5.60 Å². The molecule has 0 saturated heterocycles. The minimum atomic E-state index is -1.04. The summed E-state index contributed by atoms with van der Waals surface area (Å²) in [6.07, 6.45) is 2.88. The van der Waals surface area contributed by atoms with Crippen molar-refractivity contribution in [1.29, 1.82) is 0 Å². The van der Waals surface area contributed by atoms with Crippen molar-refractivity contribution in [2.75, 3.05) is 23.0 Å². The first kappa shape index (κ1) is 22.9. The summed E-state index contributed by atoms with van der Waals surface area (Å²) < 4.78 is 1.56. The maximum atomic E-state index is 12.8. The first-order valence-electron chi connectivity index (χ1n) is 10.7. The van der Waals surface area contributed by atoms with Crippen molar-refractivity contribution in [3.8, 4) is 5.82 Å². The predicted octanol–water partition coefficient (Wildman–Crippen LogP) is 3.63. The van der Waals surface area contributed by atoms with E-state index in [-0.39, 0.29) is 5.91 Å². The van der Waals surface area contributed by atoms with Crippen LogP contribution in [-0.2, 0) is 5.60 Å². The van der Waals surface area contributed by atoms with E-state index >= 15 is 0 Å². The van der Waals surface area contributed by atoms with E-state index in [9.17, 15) is 9.90 Å². The van der Waals surface area contributed by atoms with Crippen molar-refractivity contribution >= 4 is 29.0 Å². The van der Waals surface area contributed by atoms with Gasteiger partial charge in [0.15, 0.2) is 5.82 Å². The van der Waals surface area contributed by atoms with Crippen LogP contribution in [0.2, 0.25) is 0 Å². The highest BCUT2D eigenvalue weighted by atomic mass is 16.3. The first-order chi connectivity index (χ1) is 16.2. The summed E-state index contributed by atoms with van der Waals surface area (Å²) >= 11 is 0. The summed E-state index contributed by atoms with van der Waals surface area (Å²) in [5.41, 5.74) is 2.40. The Morgan fingerprint density at radius 3 is 2.62 bits per heavy atom. The number of benzene rings is 2. The van der Waals surface area contributed by atoms with Crippen LogP contribution in [0.5, 0.6) is 0 Å². The van der Waals surface area contributed by atoms with E-state index in [2.05, 4.69) is 36.0 Å². The molecule has 4 aromatic rings. The molecule has 2 aromatic heterocycles. The zero-order valence-corrected chi connectivity index (χ0v) is 19.4. The van der Waals surface area contributed by atoms with E-state index in [1.807, 2.05) is 25.1 Å². The lowest BCUT2D eigenvalue weighted by Gasteiger charge is -2.18. The van der Waals surface area contributed by atoms with Gasteiger partial charge in [-0.15, -0.1) is 0 Å². The Bertz CT molecular complexity index is 1330. The van der Waals surface area contributed by atoms with Gasteiger partial charge in [0.25, 0.3) is 5.91 Å². The molecule has 10 heteroatoms. The average Bonchev–Trinajstić information content (AvgIpc) is 3.29. The first-order valence-corrected chi connectivity index (χ1v) is 10.7. The quantitative estimate of drug-likeness (QED) is 0.330. The molecule has 0 spiro atoms. The molecule has 10 nitrogen and oxygen atoms in total. The molecule has 0 aliphatic carbocycles. The lowest BCUT2D eigenvalue weighted by molar-refractivity contribution is 0.0785. The number of aliphatic hydroxyl groups is 1. The molecule has 4 N–H and O–H groups in total. The molecule has 2 aromatic carbocycles. The summed E-state index contributed by atoms with van der Waals surface area (Å²) in [6.45, 7) is 5.31. The van der Waals surface area contributed by atoms with Crippen LogP contribution in [0.25, 0.3) is 5.82 Å². The molecule has 0 unspecified atom stereocenters. The average molecular weight is 459 g/mol. The van der Waals surface area contributed by atoms with Gasteiger partial charge in [-0.3, -0.25) is 4.79 Å². The van der Waals surface area contributed by atoms with Crippen molar-refractivity contribution in [2.24, 2.45) is 0 Å². The molecule has 0 atom stereocenters. The molecule has 0 radical (unpaired) electrons. The summed E-state index contributed by atoms with van der Waals surface area (Å²) in [5, 5.41) is 23.7. The smallest absolute Gasteiger partial charge is 0.255 e. The number of aryl methyl sites for hydroxylation is 1. The van der Waals surface area contributed by atoms with Gasteiger partial charge in [0.1, 0.15) is 18.5 Å². The minimum Gasteiger partial charge on any atom is -0.386 e. The van der Waals surface area contributed by atoms with Gasteiger partial charge < -0.3 is 21.1 Å². The van der Waals surface area contributed by atoms with Crippen LogP contribution < -0.4 is 16.0 Å². The highest BCUT2D eigenvalue weighted by Crippen LogP contribution is 2.25. The third-order valence-corrected chi connectivity index (χ3v) is 5.25. The maximum absolute atomic E-state index is 12.8. The molecule has 0 saturated carbocycles. The second-order valence-corrected chi connectivity index (χ2v) is 8.26. The molecule has 0 aliphatic heterocycles. The Hall–Kier alpha value is -4.31. The van der Waals surface area contributed by atoms with E-state index in [4.69, 9.17) is 0 Å². The molecule has 0 bridgehead atoms. The SMILES string of the molecule is CNc1cc(-n2ncnc2Nc2cc(NC(=O)c3cccc(C(C)(C)O)c3)ccc2C)ncn1. The van der Waals surface area contributed by atoms with E-state index in [1.165, 1.54) is 12.7 Å². The van der Waals surface area contributed by atoms with Gasteiger partial charge >= 0.3 is 0 Å². The van der Waals surface area contributed by atoms with Crippen LogP contribution >= 0.6 is 0 Å².